The van der Waals surface area contributed by atoms with E-state index in [1.54, 1.807) is 32.4 Å². The number of anilines is 1. The molecule has 1 fully saturated rings. The molecular weight excluding hydrogens is 268 g/mol. The summed E-state index contributed by atoms with van der Waals surface area (Å²) in [4.78, 5) is 12.1. The fraction of sp³-hybridized carbons (Fsp3) is 0.562. The number of hydrogen-bond acceptors (Lipinski definition) is 3. The number of piperidine rings is 1. The van der Waals surface area contributed by atoms with Crippen LogP contribution in [0.25, 0.3) is 0 Å². The van der Waals surface area contributed by atoms with E-state index >= 15 is 0 Å². The van der Waals surface area contributed by atoms with Crippen LogP contribution in [0.1, 0.15) is 25.7 Å². The summed E-state index contributed by atoms with van der Waals surface area (Å²) in [5.74, 6) is 1.89. The average molecular weight is 291 g/mol. The molecule has 115 valence electrons. The van der Waals surface area contributed by atoms with E-state index in [4.69, 9.17) is 9.47 Å². The Morgan fingerprint density at radius 2 is 2.24 bits per heavy atom. The molecular formula is C16H23N2O3. The highest BCUT2D eigenvalue weighted by Crippen LogP contribution is 2.29. The number of nitrogens with zero attached hydrogens (tertiary/aromatic N) is 1. The Morgan fingerprint density at radius 1 is 1.38 bits per heavy atom. The summed E-state index contributed by atoms with van der Waals surface area (Å²) in [5, 5.41) is 7.30. The van der Waals surface area contributed by atoms with Gasteiger partial charge in [-0.1, -0.05) is 0 Å². The van der Waals surface area contributed by atoms with Crippen LogP contribution in [0.4, 0.5) is 5.69 Å². The van der Waals surface area contributed by atoms with Gasteiger partial charge in [-0.05, 0) is 37.3 Å². The van der Waals surface area contributed by atoms with E-state index in [1.165, 1.54) is 6.42 Å². The first kappa shape index (κ1) is 15.6. The van der Waals surface area contributed by atoms with Gasteiger partial charge in [-0.15, -0.1) is 0 Å². The Labute approximate surface area is 126 Å². The summed E-state index contributed by atoms with van der Waals surface area (Å²) >= 11 is 0. The van der Waals surface area contributed by atoms with Crippen LogP contribution >= 0.6 is 0 Å². The maximum Gasteiger partial charge on any atom is 0.224 e. The number of rotatable bonds is 6. The molecule has 0 bridgehead atoms. The normalized spacial score (nSPS) is 18.1. The van der Waals surface area contributed by atoms with Crippen molar-refractivity contribution in [1.29, 1.82) is 0 Å². The third-order valence-corrected chi connectivity index (χ3v) is 3.78. The second-order valence-corrected chi connectivity index (χ2v) is 5.29. The van der Waals surface area contributed by atoms with Crippen molar-refractivity contribution < 1.29 is 14.3 Å². The van der Waals surface area contributed by atoms with E-state index in [-0.39, 0.29) is 5.91 Å². The molecule has 1 unspecified atom stereocenters. The summed E-state index contributed by atoms with van der Waals surface area (Å²) in [5.41, 5.74) is 0.648. The minimum absolute atomic E-state index is 0.00660. The molecule has 1 heterocycles. The summed E-state index contributed by atoms with van der Waals surface area (Å²) in [6.45, 7) is 1.87. The molecule has 1 aromatic carbocycles. The molecule has 1 saturated heterocycles. The SMILES string of the molecule is COc1ccc(OC)c(NC(=O)CCC2CCC[N]C2)c1. The lowest BCUT2D eigenvalue weighted by atomic mass is 9.94. The second kappa shape index (κ2) is 7.88. The molecule has 1 N–H and O–H groups in total. The van der Waals surface area contributed by atoms with Crippen LogP contribution in [0.2, 0.25) is 0 Å². The Kier molecular flexibility index (Phi) is 5.87. The van der Waals surface area contributed by atoms with Gasteiger partial charge in [0, 0.05) is 25.6 Å². The van der Waals surface area contributed by atoms with Crippen LogP contribution in [0.5, 0.6) is 11.5 Å². The molecule has 1 aliphatic rings. The first-order valence-electron chi connectivity index (χ1n) is 7.38. The van der Waals surface area contributed by atoms with E-state index in [0.717, 1.165) is 25.9 Å². The standard InChI is InChI=1S/C16H23N2O3/c1-20-13-6-7-15(21-2)14(10-13)18-16(19)8-5-12-4-3-9-17-11-12/h6-7,10,12H,3-5,8-9,11H2,1-2H3,(H,18,19). The van der Waals surface area contributed by atoms with Crippen molar-refractivity contribution in [3.63, 3.8) is 0 Å². The molecule has 0 saturated carbocycles. The smallest absolute Gasteiger partial charge is 0.224 e. The van der Waals surface area contributed by atoms with Crippen molar-refractivity contribution in [2.75, 3.05) is 32.6 Å². The van der Waals surface area contributed by atoms with Gasteiger partial charge in [0.25, 0.3) is 0 Å². The highest BCUT2D eigenvalue weighted by atomic mass is 16.5. The minimum Gasteiger partial charge on any atom is -0.497 e. The summed E-state index contributed by atoms with van der Waals surface area (Å²) in [6.07, 6.45) is 3.73. The second-order valence-electron chi connectivity index (χ2n) is 5.29. The Balaban J connectivity index is 1.89. The summed E-state index contributed by atoms with van der Waals surface area (Å²) < 4.78 is 10.4. The van der Waals surface area contributed by atoms with Gasteiger partial charge >= 0.3 is 0 Å². The topological polar surface area (TPSA) is 61.7 Å². The van der Waals surface area contributed by atoms with Crippen molar-refractivity contribution in [3.05, 3.63) is 18.2 Å². The van der Waals surface area contributed by atoms with Crippen molar-refractivity contribution in [2.45, 2.75) is 25.7 Å². The lowest BCUT2D eigenvalue weighted by molar-refractivity contribution is -0.116. The third-order valence-electron chi connectivity index (χ3n) is 3.78. The van der Waals surface area contributed by atoms with Gasteiger partial charge in [-0.2, -0.15) is 0 Å². The zero-order valence-electron chi connectivity index (χ0n) is 12.7. The predicted molar refractivity (Wildman–Crippen MR) is 82.0 cm³/mol. The van der Waals surface area contributed by atoms with E-state index in [2.05, 4.69) is 10.6 Å². The lowest BCUT2D eigenvalue weighted by Crippen LogP contribution is -2.25. The fourth-order valence-corrected chi connectivity index (χ4v) is 2.55. The van der Waals surface area contributed by atoms with E-state index < -0.39 is 0 Å². The van der Waals surface area contributed by atoms with Crippen LogP contribution in [-0.2, 0) is 4.79 Å². The van der Waals surface area contributed by atoms with Crippen LogP contribution < -0.4 is 20.1 Å². The van der Waals surface area contributed by atoms with E-state index in [9.17, 15) is 4.79 Å². The molecule has 21 heavy (non-hydrogen) atoms. The molecule has 1 radical (unpaired) electrons. The monoisotopic (exact) mass is 291 g/mol. The highest BCUT2D eigenvalue weighted by Gasteiger charge is 2.16. The number of nitrogens with one attached hydrogen (secondary N) is 1. The maximum atomic E-state index is 12.1. The van der Waals surface area contributed by atoms with Crippen LogP contribution in [0, 0.1) is 5.92 Å². The van der Waals surface area contributed by atoms with Crippen molar-refractivity contribution in [2.24, 2.45) is 5.92 Å². The lowest BCUT2D eigenvalue weighted by Gasteiger charge is -2.21. The highest BCUT2D eigenvalue weighted by molar-refractivity contribution is 5.92. The first-order chi connectivity index (χ1) is 10.2. The molecule has 2 rings (SSSR count). The van der Waals surface area contributed by atoms with Gasteiger partial charge in [0.15, 0.2) is 0 Å². The number of amides is 1. The molecule has 0 aromatic heterocycles. The number of hydrogen-bond donors (Lipinski definition) is 1. The van der Waals surface area contributed by atoms with E-state index in [1.807, 2.05) is 0 Å². The largest absolute Gasteiger partial charge is 0.497 e. The number of benzene rings is 1. The van der Waals surface area contributed by atoms with E-state index in [0.29, 0.717) is 29.5 Å². The Morgan fingerprint density at radius 3 is 2.90 bits per heavy atom. The zero-order valence-corrected chi connectivity index (χ0v) is 12.7. The quantitative estimate of drug-likeness (QED) is 0.875. The molecule has 0 spiro atoms. The molecule has 1 atom stereocenters. The van der Waals surface area contributed by atoms with Gasteiger partial charge in [0.2, 0.25) is 5.91 Å². The summed E-state index contributed by atoms with van der Waals surface area (Å²) in [7, 11) is 3.18. The molecule has 1 aliphatic heterocycles. The predicted octanol–water partition coefficient (Wildman–Crippen LogP) is 2.44. The summed E-state index contributed by atoms with van der Waals surface area (Å²) in [6, 6.07) is 5.36. The van der Waals surface area contributed by atoms with Crippen molar-refractivity contribution in [1.82, 2.24) is 5.32 Å². The van der Waals surface area contributed by atoms with Crippen LogP contribution in [0.15, 0.2) is 18.2 Å². The molecule has 1 aromatic rings. The number of ether oxygens (including phenoxy) is 2. The maximum absolute atomic E-state index is 12.1. The van der Waals surface area contributed by atoms with Gasteiger partial charge in [0.1, 0.15) is 11.5 Å². The van der Waals surface area contributed by atoms with Gasteiger partial charge < -0.3 is 14.8 Å². The molecule has 5 heteroatoms. The van der Waals surface area contributed by atoms with Crippen molar-refractivity contribution >= 4 is 11.6 Å². The van der Waals surface area contributed by atoms with Gasteiger partial charge in [-0.3, -0.25) is 4.79 Å². The number of methoxy groups -OCH3 is 2. The zero-order chi connectivity index (χ0) is 15.1. The van der Waals surface area contributed by atoms with Gasteiger partial charge in [-0.25, -0.2) is 5.32 Å². The van der Waals surface area contributed by atoms with Crippen molar-refractivity contribution in [3.8, 4) is 11.5 Å². The Bertz CT molecular complexity index is 471. The first-order valence-corrected chi connectivity index (χ1v) is 7.38. The van der Waals surface area contributed by atoms with Crippen LogP contribution in [0.3, 0.4) is 0 Å². The average Bonchev–Trinajstić information content (AvgIpc) is 2.54. The molecule has 1 amide bonds. The molecule has 5 nitrogen and oxygen atoms in total. The van der Waals surface area contributed by atoms with Crippen LogP contribution in [-0.4, -0.2) is 33.2 Å². The Hall–Kier alpha value is -1.75. The minimum atomic E-state index is 0.00660. The fourth-order valence-electron chi connectivity index (χ4n) is 2.55. The number of carbonyl (C=O) groups is 1. The van der Waals surface area contributed by atoms with Gasteiger partial charge in [0.05, 0.1) is 19.9 Å². The third kappa shape index (κ3) is 4.63. The molecule has 0 aliphatic carbocycles. The number of carbonyl (C=O) groups excluding carboxylic acids is 1.